The first-order valence-electron chi connectivity index (χ1n) is 7.33. The SMILES string of the molecule is CC1(c2ccc(O)cc2)SCCC(CCCCC(=O)O)S1. The minimum Gasteiger partial charge on any atom is -0.508 e. The molecule has 1 fully saturated rings. The van der Waals surface area contributed by atoms with E-state index in [0.29, 0.717) is 11.0 Å². The summed E-state index contributed by atoms with van der Waals surface area (Å²) in [6, 6.07) is 7.50. The van der Waals surface area contributed by atoms with Crippen molar-refractivity contribution in [3.05, 3.63) is 29.8 Å². The number of aromatic hydroxyl groups is 1. The average molecular weight is 326 g/mol. The Morgan fingerprint density at radius 1 is 1.33 bits per heavy atom. The molecule has 0 aromatic heterocycles. The Morgan fingerprint density at radius 3 is 2.71 bits per heavy atom. The fourth-order valence-electron chi connectivity index (χ4n) is 2.56. The van der Waals surface area contributed by atoms with E-state index < -0.39 is 5.97 Å². The van der Waals surface area contributed by atoms with E-state index in [1.165, 1.54) is 12.0 Å². The number of carbonyl (C=O) groups is 1. The smallest absolute Gasteiger partial charge is 0.303 e. The van der Waals surface area contributed by atoms with Gasteiger partial charge in [-0.3, -0.25) is 4.79 Å². The highest BCUT2D eigenvalue weighted by molar-refractivity contribution is 8.18. The van der Waals surface area contributed by atoms with Crippen molar-refractivity contribution in [2.24, 2.45) is 0 Å². The first kappa shape index (κ1) is 16.6. The summed E-state index contributed by atoms with van der Waals surface area (Å²) in [4.78, 5) is 10.5. The molecule has 0 radical (unpaired) electrons. The summed E-state index contributed by atoms with van der Waals surface area (Å²) in [5.41, 5.74) is 1.24. The van der Waals surface area contributed by atoms with Gasteiger partial charge < -0.3 is 10.2 Å². The maximum atomic E-state index is 10.5. The standard InChI is InChI=1S/C16H22O3S2/c1-16(12-6-8-13(17)9-7-12)20-11-10-14(21-16)4-2-3-5-15(18)19/h6-9,14,17H,2-5,10-11H2,1H3,(H,18,19). The number of rotatable bonds is 6. The molecule has 1 aliphatic heterocycles. The third kappa shape index (κ3) is 4.85. The van der Waals surface area contributed by atoms with Crippen LogP contribution in [0.2, 0.25) is 0 Å². The third-order valence-corrected chi connectivity index (χ3v) is 7.13. The molecule has 0 spiro atoms. The van der Waals surface area contributed by atoms with Crippen LogP contribution in [0.5, 0.6) is 5.75 Å². The molecule has 1 aromatic carbocycles. The van der Waals surface area contributed by atoms with Crippen LogP contribution in [0.4, 0.5) is 0 Å². The Balaban J connectivity index is 1.90. The van der Waals surface area contributed by atoms with Crippen LogP contribution >= 0.6 is 23.5 Å². The summed E-state index contributed by atoms with van der Waals surface area (Å²) in [5, 5.41) is 18.7. The van der Waals surface area contributed by atoms with Crippen molar-refractivity contribution < 1.29 is 15.0 Å². The van der Waals surface area contributed by atoms with Crippen LogP contribution in [-0.4, -0.2) is 27.2 Å². The van der Waals surface area contributed by atoms with Crippen molar-refractivity contribution in [2.45, 2.75) is 48.4 Å². The van der Waals surface area contributed by atoms with Gasteiger partial charge in [0.1, 0.15) is 5.75 Å². The van der Waals surface area contributed by atoms with E-state index in [0.717, 1.165) is 25.0 Å². The fraction of sp³-hybridized carbons (Fsp3) is 0.562. The van der Waals surface area contributed by atoms with Gasteiger partial charge in [-0.05, 0) is 49.6 Å². The Bertz CT molecular complexity index is 475. The highest BCUT2D eigenvalue weighted by Gasteiger charge is 2.34. The number of hydrogen-bond acceptors (Lipinski definition) is 4. The molecule has 2 unspecified atom stereocenters. The quantitative estimate of drug-likeness (QED) is 0.756. The molecule has 0 bridgehead atoms. The lowest BCUT2D eigenvalue weighted by molar-refractivity contribution is -0.137. The van der Waals surface area contributed by atoms with E-state index in [9.17, 15) is 9.90 Å². The number of thioether (sulfide) groups is 2. The Morgan fingerprint density at radius 2 is 2.05 bits per heavy atom. The van der Waals surface area contributed by atoms with Gasteiger partial charge in [-0.2, -0.15) is 0 Å². The molecule has 21 heavy (non-hydrogen) atoms. The normalized spacial score (nSPS) is 25.7. The number of phenols is 1. The van der Waals surface area contributed by atoms with Crippen molar-refractivity contribution >= 4 is 29.5 Å². The van der Waals surface area contributed by atoms with Crippen LogP contribution in [0, 0.1) is 0 Å². The second-order valence-corrected chi connectivity index (χ2v) is 9.00. The van der Waals surface area contributed by atoms with E-state index in [4.69, 9.17) is 5.11 Å². The van der Waals surface area contributed by atoms with Crippen LogP contribution in [0.1, 0.15) is 44.6 Å². The summed E-state index contributed by atoms with van der Waals surface area (Å²) in [6.07, 6.45) is 4.32. The van der Waals surface area contributed by atoms with Crippen molar-refractivity contribution in [1.82, 2.24) is 0 Å². The largest absolute Gasteiger partial charge is 0.508 e. The van der Waals surface area contributed by atoms with E-state index >= 15 is 0 Å². The first-order chi connectivity index (χ1) is 9.99. The van der Waals surface area contributed by atoms with Crippen LogP contribution in [-0.2, 0) is 8.87 Å². The maximum Gasteiger partial charge on any atom is 0.303 e. The summed E-state index contributed by atoms with van der Waals surface area (Å²) in [6.45, 7) is 2.25. The zero-order chi connectivity index (χ0) is 15.3. The number of aliphatic carboxylic acids is 1. The van der Waals surface area contributed by atoms with E-state index in [1.54, 1.807) is 12.1 Å². The average Bonchev–Trinajstić information content (AvgIpc) is 2.44. The fourth-order valence-corrected chi connectivity index (χ4v) is 6.17. The molecule has 0 saturated carbocycles. The molecule has 2 atom stereocenters. The van der Waals surface area contributed by atoms with Gasteiger partial charge in [-0.25, -0.2) is 0 Å². The second kappa shape index (κ2) is 7.45. The van der Waals surface area contributed by atoms with Crippen LogP contribution in [0.15, 0.2) is 24.3 Å². The molecule has 1 aliphatic rings. The predicted octanol–water partition coefficient (Wildman–Crippen LogP) is 4.45. The van der Waals surface area contributed by atoms with E-state index in [1.807, 2.05) is 35.7 Å². The number of benzene rings is 1. The first-order valence-corrected chi connectivity index (χ1v) is 9.19. The lowest BCUT2D eigenvalue weighted by Crippen LogP contribution is -2.24. The molecule has 3 nitrogen and oxygen atoms in total. The number of carboxylic acid groups (broad SMARTS) is 1. The van der Waals surface area contributed by atoms with E-state index in [2.05, 4.69) is 6.92 Å². The molecule has 5 heteroatoms. The summed E-state index contributed by atoms with van der Waals surface area (Å²) >= 11 is 3.95. The number of hydrogen-bond donors (Lipinski definition) is 2. The summed E-state index contributed by atoms with van der Waals surface area (Å²) in [7, 11) is 0. The van der Waals surface area contributed by atoms with Gasteiger partial charge >= 0.3 is 5.97 Å². The Labute approximate surface area is 134 Å². The molecule has 0 amide bonds. The van der Waals surface area contributed by atoms with Crippen LogP contribution < -0.4 is 0 Å². The second-order valence-electron chi connectivity index (χ2n) is 5.51. The topological polar surface area (TPSA) is 57.5 Å². The highest BCUT2D eigenvalue weighted by atomic mass is 32.2. The van der Waals surface area contributed by atoms with Crippen LogP contribution in [0.3, 0.4) is 0 Å². The zero-order valence-electron chi connectivity index (χ0n) is 12.2. The summed E-state index contributed by atoms with van der Waals surface area (Å²) < 4.78 is 0.0312. The Kier molecular flexibility index (Phi) is 5.88. The minimum atomic E-state index is -0.698. The molecular weight excluding hydrogens is 304 g/mol. The molecule has 2 rings (SSSR count). The van der Waals surface area contributed by atoms with Gasteiger partial charge in [0.2, 0.25) is 0 Å². The molecule has 1 saturated heterocycles. The lowest BCUT2D eigenvalue weighted by atomic mass is 10.1. The van der Waals surface area contributed by atoms with Gasteiger partial charge in [-0.1, -0.05) is 18.6 Å². The lowest BCUT2D eigenvalue weighted by Gasteiger charge is -2.37. The molecule has 0 aliphatic carbocycles. The van der Waals surface area contributed by atoms with Gasteiger partial charge in [0, 0.05) is 11.7 Å². The van der Waals surface area contributed by atoms with Gasteiger partial charge in [0.15, 0.2) is 0 Å². The molecule has 1 aromatic rings. The molecule has 2 N–H and O–H groups in total. The minimum absolute atomic E-state index is 0.0312. The van der Waals surface area contributed by atoms with Gasteiger partial charge in [-0.15, -0.1) is 23.5 Å². The maximum absolute atomic E-state index is 10.5. The number of unbranched alkanes of at least 4 members (excludes halogenated alkanes) is 1. The number of carboxylic acids is 1. The highest BCUT2D eigenvalue weighted by Crippen LogP contribution is 2.53. The van der Waals surface area contributed by atoms with Crippen molar-refractivity contribution in [2.75, 3.05) is 5.75 Å². The van der Waals surface area contributed by atoms with E-state index in [-0.39, 0.29) is 10.5 Å². The molecule has 1 heterocycles. The number of phenolic OH excluding ortho intramolecular Hbond substituents is 1. The third-order valence-electron chi connectivity index (χ3n) is 3.77. The molecule has 116 valence electrons. The predicted molar refractivity (Wildman–Crippen MR) is 90.0 cm³/mol. The van der Waals surface area contributed by atoms with Gasteiger partial charge in [0.25, 0.3) is 0 Å². The van der Waals surface area contributed by atoms with Gasteiger partial charge in [0.05, 0.1) is 4.08 Å². The zero-order valence-corrected chi connectivity index (χ0v) is 13.9. The Hall–Kier alpha value is -0.810. The van der Waals surface area contributed by atoms with Crippen molar-refractivity contribution in [3.63, 3.8) is 0 Å². The molecular formula is C16H22O3S2. The van der Waals surface area contributed by atoms with Crippen molar-refractivity contribution in [3.8, 4) is 5.75 Å². The van der Waals surface area contributed by atoms with Crippen LogP contribution in [0.25, 0.3) is 0 Å². The van der Waals surface area contributed by atoms with Crippen molar-refractivity contribution in [1.29, 1.82) is 0 Å². The summed E-state index contributed by atoms with van der Waals surface area (Å²) in [5.74, 6) is 0.739. The monoisotopic (exact) mass is 326 g/mol.